The van der Waals surface area contributed by atoms with E-state index in [4.69, 9.17) is 5.11 Å². The number of fused-ring (bicyclic) bond motifs is 1. The average molecular weight is 242 g/mol. The van der Waals surface area contributed by atoms with Gasteiger partial charge in [-0.15, -0.1) is 0 Å². The highest BCUT2D eigenvalue weighted by atomic mass is 16.4. The first-order chi connectivity index (χ1) is 8.66. The number of nitrogens with zero attached hydrogens (tertiary/aromatic N) is 1. The predicted molar refractivity (Wildman–Crippen MR) is 67.7 cm³/mol. The van der Waals surface area contributed by atoms with Gasteiger partial charge in [0, 0.05) is 5.56 Å². The molecule has 0 saturated heterocycles. The molecule has 4 nitrogen and oxygen atoms in total. The molecule has 1 aromatic carbocycles. The van der Waals surface area contributed by atoms with Crippen LogP contribution in [0.3, 0.4) is 0 Å². The lowest BCUT2D eigenvalue weighted by Gasteiger charge is -2.08. The van der Waals surface area contributed by atoms with E-state index >= 15 is 0 Å². The van der Waals surface area contributed by atoms with Crippen LogP contribution < -0.4 is 0 Å². The first-order valence-corrected chi connectivity index (χ1v) is 6.07. The van der Waals surface area contributed by atoms with Crippen LogP contribution in [0.4, 0.5) is 0 Å². The molecule has 1 aromatic heterocycles. The second-order valence-electron chi connectivity index (χ2n) is 4.71. The van der Waals surface area contributed by atoms with E-state index in [1.54, 1.807) is 6.07 Å². The lowest BCUT2D eigenvalue weighted by Crippen LogP contribution is -1.95. The quantitative estimate of drug-likeness (QED) is 0.850. The van der Waals surface area contributed by atoms with Crippen molar-refractivity contribution in [2.24, 2.45) is 0 Å². The Bertz CT molecular complexity index is 629. The Hall–Kier alpha value is -2.10. The van der Waals surface area contributed by atoms with Gasteiger partial charge < -0.3 is 5.11 Å². The Labute approximate surface area is 105 Å². The van der Waals surface area contributed by atoms with Crippen LogP contribution >= 0.6 is 0 Å². The highest BCUT2D eigenvalue weighted by molar-refractivity contribution is 5.87. The Morgan fingerprint density at radius 2 is 2.11 bits per heavy atom. The van der Waals surface area contributed by atoms with Gasteiger partial charge in [-0.3, -0.25) is 5.10 Å². The molecular weight excluding hydrogens is 228 g/mol. The number of carboxylic acids is 1. The maximum Gasteiger partial charge on any atom is 0.353 e. The minimum absolute atomic E-state index is 0.136. The van der Waals surface area contributed by atoms with Crippen LogP contribution in [0, 0.1) is 6.92 Å². The number of H-pyrrole nitrogens is 1. The van der Waals surface area contributed by atoms with Crippen molar-refractivity contribution in [2.75, 3.05) is 0 Å². The molecule has 2 N–H and O–H groups in total. The Kier molecular flexibility index (Phi) is 2.44. The van der Waals surface area contributed by atoms with Gasteiger partial charge in [-0.05, 0) is 48.9 Å². The molecule has 0 atom stereocenters. The maximum absolute atomic E-state index is 10.9. The molecule has 3 rings (SSSR count). The molecule has 0 bridgehead atoms. The van der Waals surface area contributed by atoms with Gasteiger partial charge in [0.25, 0.3) is 0 Å². The molecule has 1 aliphatic rings. The SMILES string of the molecule is Cc1ccc(-c2cc(C(=O)O)[nH]n2)c2c1CCC2. The van der Waals surface area contributed by atoms with Crippen molar-refractivity contribution in [1.29, 1.82) is 0 Å². The number of aryl methyl sites for hydroxylation is 1. The summed E-state index contributed by atoms with van der Waals surface area (Å²) in [5, 5.41) is 15.6. The fraction of sp³-hybridized carbons (Fsp3) is 0.286. The topological polar surface area (TPSA) is 66.0 Å². The van der Waals surface area contributed by atoms with Crippen LogP contribution in [0.5, 0.6) is 0 Å². The molecule has 0 aliphatic heterocycles. The third kappa shape index (κ3) is 1.61. The van der Waals surface area contributed by atoms with Crippen molar-refractivity contribution in [3.05, 3.63) is 40.6 Å². The van der Waals surface area contributed by atoms with Crippen LogP contribution in [0.15, 0.2) is 18.2 Å². The zero-order valence-corrected chi connectivity index (χ0v) is 10.2. The van der Waals surface area contributed by atoms with Crippen LogP contribution in [0.2, 0.25) is 0 Å². The van der Waals surface area contributed by atoms with E-state index in [2.05, 4.69) is 23.2 Å². The summed E-state index contributed by atoms with van der Waals surface area (Å²) in [7, 11) is 0. The van der Waals surface area contributed by atoms with Gasteiger partial charge in [0.15, 0.2) is 0 Å². The van der Waals surface area contributed by atoms with Gasteiger partial charge in [-0.1, -0.05) is 12.1 Å². The highest BCUT2D eigenvalue weighted by Gasteiger charge is 2.19. The lowest BCUT2D eigenvalue weighted by molar-refractivity contribution is 0.0690. The van der Waals surface area contributed by atoms with Crippen LogP contribution in [-0.2, 0) is 12.8 Å². The number of aromatic nitrogens is 2. The molecule has 1 heterocycles. The number of hydrogen-bond acceptors (Lipinski definition) is 2. The van der Waals surface area contributed by atoms with Crippen molar-refractivity contribution >= 4 is 5.97 Å². The molecule has 0 spiro atoms. The van der Waals surface area contributed by atoms with Gasteiger partial charge >= 0.3 is 5.97 Å². The molecule has 92 valence electrons. The Morgan fingerprint density at radius 1 is 1.33 bits per heavy atom. The predicted octanol–water partition coefficient (Wildman–Crippen LogP) is 2.57. The molecule has 0 unspecified atom stereocenters. The summed E-state index contributed by atoms with van der Waals surface area (Å²) in [6.45, 7) is 2.13. The normalized spacial score (nSPS) is 13.6. The molecule has 18 heavy (non-hydrogen) atoms. The fourth-order valence-electron chi connectivity index (χ4n) is 2.69. The number of carbonyl (C=O) groups is 1. The molecule has 0 amide bonds. The van der Waals surface area contributed by atoms with Crippen molar-refractivity contribution in [3.63, 3.8) is 0 Å². The number of carboxylic acid groups (broad SMARTS) is 1. The Balaban J connectivity index is 2.12. The molecule has 4 heteroatoms. The van der Waals surface area contributed by atoms with Crippen molar-refractivity contribution in [1.82, 2.24) is 10.2 Å². The first-order valence-electron chi connectivity index (χ1n) is 6.07. The van der Waals surface area contributed by atoms with Gasteiger partial charge in [-0.25, -0.2) is 4.79 Å². The van der Waals surface area contributed by atoms with E-state index in [0.717, 1.165) is 24.1 Å². The minimum atomic E-state index is -0.975. The molecular formula is C14H14N2O2. The highest BCUT2D eigenvalue weighted by Crippen LogP contribution is 2.33. The summed E-state index contributed by atoms with van der Waals surface area (Å²) < 4.78 is 0. The van der Waals surface area contributed by atoms with Crippen LogP contribution in [0.1, 0.15) is 33.6 Å². The summed E-state index contributed by atoms with van der Waals surface area (Å²) in [6.07, 6.45) is 3.34. The number of aromatic amines is 1. The fourth-order valence-corrected chi connectivity index (χ4v) is 2.69. The summed E-state index contributed by atoms with van der Waals surface area (Å²) in [6, 6.07) is 5.74. The number of hydrogen-bond donors (Lipinski definition) is 2. The standard InChI is InChI=1S/C14H14N2O2/c1-8-5-6-11(10-4-2-3-9(8)10)12-7-13(14(17)18)16-15-12/h5-7H,2-4H2,1H3,(H,15,16)(H,17,18). The molecule has 0 saturated carbocycles. The monoisotopic (exact) mass is 242 g/mol. The third-order valence-electron chi connectivity index (χ3n) is 3.60. The molecule has 2 aromatic rings. The van der Waals surface area contributed by atoms with E-state index in [0.29, 0.717) is 0 Å². The van der Waals surface area contributed by atoms with Crippen LogP contribution in [0.25, 0.3) is 11.3 Å². The minimum Gasteiger partial charge on any atom is -0.477 e. The molecule has 0 fully saturated rings. The summed E-state index contributed by atoms with van der Waals surface area (Å²) in [4.78, 5) is 10.9. The lowest BCUT2D eigenvalue weighted by atomic mass is 9.97. The zero-order valence-electron chi connectivity index (χ0n) is 10.2. The van der Waals surface area contributed by atoms with Crippen molar-refractivity contribution in [3.8, 4) is 11.3 Å². The van der Waals surface area contributed by atoms with E-state index in [1.165, 1.54) is 23.1 Å². The van der Waals surface area contributed by atoms with Gasteiger partial charge in [0.05, 0.1) is 5.69 Å². The van der Waals surface area contributed by atoms with Crippen molar-refractivity contribution in [2.45, 2.75) is 26.2 Å². The molecule has 1 aliphatic carbocycles. The summed E-state index contributed by atoms with van der Waals surface area (Å²) in [5.74, 6) is -0.975. The summed E-state index contributed by atoms with van der Waals surface area (Å²) in [5.41, 5.74) is 5.99. The van der Waals surface area contributed by atoms with E-state index in [9.17, 15) is 4.79 Å². The van der Waals surface area contributed by atoms with Gasteiger partial charge in [0.1, 0.15) is 5.69 Å². The first kappa shape index (κ1) is 11.0. The smallest absolute Gasteiger partial charge is 0.353 e. The van der Waals surface area contributed by atoms with Gasteiger partial charge in [0.2, 0.25) is 0 Å². The van der Waals surface area contributed by atoms with Crippen molar-refractivity contribution < 1.29 is 9.90 Å². The van der Waals surface area contributed by atoms with E-state index in [-0.39, 0.29) is 5.69 Å². The maximum atomic E-state index is 10.9. The van der Waals surface area contributed by atoms with Gasteiger partial charge in [-0.2, -0.15) is 5.10 Å². The number of aromatic carboxylic acids is 1. The number of rotatable bonds is 2. The third-order valence-corrected chi connectivity index (χ3v) is 3.60. The zero-order chi connectivity index (χ0) is 12.7. The largest absolute Gasteiger partial charge is 0.477 e. The van der Waals surface area contributed by atoms with Crippen LogP contribution in [-0.4, -0.2) is 21.3 Å². The van der Waals surface area contributed by atoms with E-state index < -0.39 is 5.97 Å². The summed E-state index contributed by atoms with van der Waals surface area (Å²) >= 11 is 0. The Morgan fingerprint density at radius 3 is 2.83 bits per heavy atom. The second kappa shape index (κ2) is 3.98. The average Bonchev–Trinajstić information content (AvgIpc) is 2.98. The van der Waals surface area contributed by atoms with E-state index in [1.807, 2.05) is 6.07 Å². The number of nitrogens with one attached hydrogen (secondary N) is 1. The molecule has 0 radical (unpaired) electrons. The number of benzene rings is 1. The second-order valence-corrected chi connectivity index (χ2v) is 4.71.